The minimum atomic E-state index is -0.359. The second-order valence-electron chi connectivity index (χ2n) is 7.58. The molecule has 2 aromatic carbocycles. The molecule has 4 aromatic rings. The quantitative estimate of drug-likeness (QED) is 0.465. The summed E-state index contributed by atoms with van der Waals surface area (Å²) in [5.41, 5.74) is 2.51. The SMILES string of the molecule is CCOc1ccc(-n2nnc3c(N4CCN(C(=O)c5ccc(F)cc5)CC4)ncnc32)cc1. The fourth-order valence-corrected chi connectivity index (χ4v) is 3.89. The number of anilines is 1. The summed E-state index contributed by atoms with van der Waals surface area (Å²) in [7, 11) is 0. The highest BCUT2D eigenvalue weighted by Crippen LogP contribution is 2.24. The molecule has 0 radical (unpaired) electrons. The molecule has 2 aromatic heterocycles. The average Bonchev–Trinajstić information content (AvgIpc) is 3.29. The third kappa shape index (κ3) is 4.07. The van der Waals surface area contributed by atoms with Gasteiger partial charge in [0.1, 0.15) is 17.9 Å². The number of carbonyl (C=O) groups excluding carboxylic acids is 1. The number of carbonyl (C=O) groups is 1. The Morgan fingerprint density at radius 1 is 1.00 bits per heavy atom. The maximum Gasteiger partial charge on any atom is 0.253 e. The highest BCUT2D eigenvalue weighted by Gasteiger charge is 2.25. The Kier molecular flexibility index (Phi) is 5.55. The summed E-state index contributed by atoms with van der Waals surface area (Å²) in [5, 5.41) is 8.63. The molecule has 5 rings (SSSR count). The Hall–Kier alpha value is -4.08. The summed E-state index contributed by atoms with van der Waals surface area (Å²) < 4.78 is 20.3. The van der Waals surface area contributed by atoms with E-state index < -0.39 is 0 Å². The van der Waals surface area contributed by atoms with Gasteiger partial charge < -0.3 is 14.5 Å². The minimum absolute atomic E-state index is 0.107. The number of halogens is 1. The van der Waals surface area contributed by atoms with Crippen LogP contribution in [0.3, 0.4) is 0 Å². The Morgan fingerprint density at radius 3 is 2.42 bits per heavy atom. The van der Waals surface area contributed by atoms with E-state index >= 15 is 0 Å². The van der Waals surface area contributed by atoms with Crippen LogP contribution in [0.25, 0.3) is 16.9 Å². The maximum absolute atomic E-state index is 13.2. The van der Waals surface area contributed by atoms with Crippen molar-refractivity contribution in [2.45, 2.75) is 6.92 Å². The Bertz CT molecular complexity index is 1270. The van der Waals surface area contributed by atoms with Gasteiger partial charge >= 0.3 is 0 Å². The summed E-state index contributed by atoms with van der Waals surface area (Å²) in [6, 6.07) is 13.2. The molecule has 0 unspecified atom stereocenters. The van der Waals surface area contributed by atoms with Crippen LogP contribution in [0.2, 0.25) is 0 Å². The maximum atomic E-state index is 13.2. The standard InChI is InChI=1S/C23H22FN7O2/c1-2-33-19-9-7-18(8-10-19)31-22-20(27-28-31)21(25-15-26-22)29-11-13-30(14-12-29)23(32)16-3-5-17(24)6-4-16/h3-10,15H,2,11-14H2,1H3. The molecule has 9 nitrogen and oxygen atoms in total. The van der Waals surface area contributed by atoms with Crippen LogP contribution in [0.15, 0.2) is 54.9 Å². The van der Waals surface area contributed by atoms with Crippen molar-refractivity contribution in [3.8, 4) is 11.4 Å². The van der Waals surface area contributed by atoms with Crippen molar-refractivity contribution in [2.24, 2.45) is 0 Å². The molecule has 0 spiro atoms. The van der Waals surface area contributed by atoms with Crippen molar-refractivity contribution < 1.29 is 13.9 Å². The largest absolute Gasteiger partial charge is 0.494 e. The molecular formula is C23H22FN7O2. The van der Waals surface area contributed by atoms with E-state index in [0.29, 0.717) is 55.3 Å². The first-order valence-corrected chi connectivity index (χ1v) is 10.7. The number of aromatic nitrogens is 5. The second kappa shape index (κ2) is 8.81. The fraction of sp³-hybridized carbons (Fsp3) is 0.261. The van der Waals surface area contributed by atoms with Crippen molar-refractivity contribution in [1.29, 1.82) is 0 Å². The molecule has 1 amide bonds. The fourth-order valence-electron chi connectivity index (χ4n) is 3.89. The second-order valence-corrected chi connectivity index (χ2v) is 7.58. The van der Waals surface area contributed by atoms with Crippen molar-refractivity contribution in [3.05, 3.63) is 66.2 Å². The molecule has 168 valence electrons. The summed E-state index contributed by atoms with van der Waals surface area (Å²) in [6.07, 6.45) is 1.50. The van der Waals surface area contributed by atoms with Crippen molar-refractivity contribution >= 4 is 22.9 Å². The lowest BCUT2D eigenvalue weighted by Gasteiger charge is -2.35. The van der Waals surface area contributed by atoms with Gasteiger partial charge in [-0.05, 0) is 55.5 Å². The number of hydrogen-bond acceptors (Lipinski definition) is 7. The van der Waals surface area contributed by atoms with E-state index in [0.717, 1.165) is 11.4 Å². The Labute approximate surface area is 189 Å². The zero-order chi connectivity index (χ0) is 22.8. The van der Waals surface area contributed by atoms with Crippen LogP contribution in [0.1, 0.15) is 17.3 Å². The number of hydrogen-bond donors (Lipinski definition) is 0. The van der Waals surface area contributed by atoms with Gasteiger partial charge in [0.2, 0.25) is 0 Å². The topological polar surface area (TPSA) is 89.3 Å². The lowest BCUT2D eigenvalue weighted by molar-refractivity contribution is 0.0746. The van der Waals surface area contributed by atoms with E-state index in [1.165, 1.54) is 30.6 Å². The molecule has 0 atom stereocenters. The first-order valence-electron chi connectivity index (χ1n) is 10.7. The van der Waals surface area contributed by atoms with Crippen LogP contribution < -0.4 is 9.64 Å². The van der Waals surface area contributed by atoms with E-state index in [9.17, 15) is 9.18 Å². The smallest absolute Gasteiger partial charge is 0.253 e. The lowest BCUT2D eigenvalue weighted by atomic mass is 10.2. The third-order valence-corrected chi connectivity index (χ3v) is 5.57. The Morgan fingerprint density at radius 2 is 1.73 bits per heavy atom. The van der Waals surface area contributed by atoms with Crippen molar-refractivity contribution in [2.75, 3.05) is 37.7 Å². The molecular weight excluding hydrogens is 425 g/mol. The molecule has 0 saturated carbocycles. The summed E-state index contributed by atoms with van der Waals surface area (Å²) >= 11 is 0. The number of rotatable bonds is 5. The molecule has 10 heteroatoms. The number of amides is 1. The van der Waals surface area contributed by atoms with Crippen LogP contribution in [0, 0.1) is 5.82 Å². The average molecular weight is 447 g/mol. The van der Waals surface area contributed by atoms with Gasteiger partial charge in [-0.15, -0.1) is 5.10 Å². The van der Waals surface area contributed by atoms with E-state index in [4.69, 9.17) is 4.74 Å². The summed E-state index contributed by atoms with van der Waals surface area (Å²) in [4.78, 5) is 25.4. The van der Waals surface area contributed by atoms with E-state index in [2.05, 4.69) is 25.2 Å². The van der Waals surface area contributed by atoms with Crippen LogP contribution >= 0.6 is 0 Å². The van der Waals surface area contributed by atoms with Gasteiger partial charge in [-0.2, -0.15) is 4.68 Å². The van der Waals surface area contributed by atoms with Crippen LogP contribution in [-0.4, -0.2) is 68.6 Å². The number of ether oxygens (including phenoxy) is 1. The van der Waals surface area contributed by atoms with Gasteiger partial charge in [-0.1, -0.05) is 5.21 Å². The molecule has 0 aliphatic carbocycles. The number of piperazine rings is 1. The van der Waals surface area contributed by atoms with Crippen LogP contribution in [0.5, 0.6) is 5.75 Å². The Balaban J connectivity index is 1.34. The molecule has 33 heavy (non-hydrogen) atoms. The first-order chi connectivity index (χ1) is 16.1. The highest BCUT2D eigenvalue weighted by molar-refractivity contribution is 5.94. The molecule has 1 aliphatic heterocycles. The van der Waals surface area contributed by atoms with Crippen LogP contribution in [0.4, 0.5) is 10.2 Å². The summed E-state index contributed by atoms with van der Waals surface area (Å²) in [6.45, 7) is 4.77. The molecule has 3 heterocycles. The highest BCUT2D eigenvalue weighted by atomic mass is 19.1. The van der Waals surface area contributed by atoms with Gasteiger partial charge in [-0.3, -0.25) is 4.79 Å². The molecule has 0 bridgehead atoms. The van der Waals surface area contributed by atoms with Gasteiger partial charge in [0.05, 0.1) is 12.3 Å². The van der Waals surface area contributed by atoms with E-state index in [-0.39, 0.29) is 11.7 Å². The summed E-state index contributed by atoms with van der Waals surface area (Å²) in [5.74, 6) is 1.01. The molecule has 1 aliphatic rings. The zero-order valence-corrected chi connectivity index (χ0v) is 18.1. The molecule has 1 saturated heterocycles. The van der Waals surface area contributed by atoms with E-state index in [1.54, 1.807) is 9.58 Å². The van der Waals surface area contributed by atoms with Gasteiger partial charge in [0.15, 0.2) is 17.0 Å². The van der Waals surface area contributed by atoms with Crippen LogP contribution in [-0.2, 0) is 0 Å². The normalized spacial score (nSPS) is 14.0. The number of fused-ring (bicyclic) bond motifs is 1. The monoisotopic (exact) mass is 447 g/mol. The number of benzene rings is 2. The van der Waals surface area contributed by atoms with Gasteiger partial charge in [0, 0.05) is 31.7 Å². The molecule has 0 N–H and O–H groups in total. The zero-order valence-electron chi connectivity index (χ0n) is 18.1. The van der Waals surface area contributed by atoms with Crippen molar-refractivity contribution in [3.63, 3.8) is 0 Å². The predicted octanol–water partition coefficient (Wildman–Crippen LogP) is 2.71. The molecule has 1 fully saturated rings. The van der Waals surface area contributed by atoms with Crippen molar-refractivity contribution in [1.82, 2.24) is 29.9 Å². The van der Waals surface area contributed by atoms with Gasteiger partial charge in [-0.25, -0.2) is 14.4 Å². The first kappa shape index (κ1) is 20.8. The third-order valence-electron chi connectivity index (χ3n) is 5.57. The minimum Gasteiger partial charge on any atom is -0.494 e. The number of nitrogens with zero attached hydrogens (tertiary/aromatic N) is 7. The predicted molar refractivity (Wildman–Crippen MR) is 120 cm³/mol. The van der Waals surface area contributed by atoms with Gasteiger partial charge in [0.25, 0.3) is 5.91 Å². The van der Waals surface area contributed by atoms with E-state index in [1.807, 2.05) is 31.2 Å². The lowest BCUT2D eigenvalue weighted by Crippen LogP contribution is -2.49.